The van der Waals surface area contributed by atoms with Crippen LogP contribution in [0.2, 0.25) is 0 Å². The molecular formula is C17H29Cl2N3O. The Morgan fingerprint density at radius 3 is 2.48 bits per heavy atom. The second-order valence-corrected chi connectivity index (χ2v) is 6.31. The lowest BCUT2D eigenvalue weighted by molar-refractivity contribution is -0.122. The number of nitrogens with zero attached hydrogens (tertiary/aromatic N) is 1. The Morgan fingerprint density at radius 1 is 1.30 bits per heavy atom. The number of nitrogens with two attached hydrogens (primary N) is 1. The molecule has 0 saturated carbocycles. The summed E-state index contributed by atoms with van der Waals surface area (Å²) in [5.74, 6) is 0.702. The van der Waals surface area contributed by atoms with Gasteiger partial charge in [0.15, 0.2) is 0 Å². The molecule has 23 heavy (non-hydrogen) atoms. The average molecular weight is 362 g/mol. The summed E-state index contributed by atoms with van der Waals surface area (Å²) in [6.45, 7) is 8.00. The maximum atomic E-state index is 11.4. The normalized spacial score (nSPS) is 19.2. The van der Waals surface area contributed by atoms with Gasteiger partial charge in [0.2, 0.25) is 5.91 Å². The molecule has 2 rings (SSSR count). The predicted octanol–water partition coefficient (Wildman–Crippen LogP) is 2.73. The van der Waals surface area contributed by atoms with Gasteiger partial charge in [-0.1, -0.05) is 31.2 Å². The zero-order valence-electron chi connectivity index (χ0n) is 14.0. The van der Waals surface area contributed by atoms with Crippen LogP contribution < -0.4 is 11.1 Å². The molecule has 1 aliphatic rings. The van der Waals surface area contributed by atoms with E-state index in [9.17, 15) is 4.79 Å². The first-order chi connectivity index (χ1) is 10.0. The number of nitrogens with one attached hydrogen (secondary N) is 1. The molecule has 0 radical (unpaired) electrons. The highest BCUT2D eigenvalue weighted by molar-refractivity contribution is 5.85. The fourth-order valence-electron chi connectivity index (χ4n) is 2.80. The quantitative estimate of drug-likeness (QED) is 0.847. The standard InChI is InChI=1S/C17H27N3O.2ClH/c1-13-4-3-9-20(11-13)12-16-7-5-15(6-8-16)10-19-17(21)14(2)18;;/h5-8,13-14H,3-4,9-12,18H2,1-2H3,(H,19,21);2*1H/t13?,14-;;/m1../s1. The predicted molar refractivity (Wildman–Crippen MR) is 100 cm³/mol. The van der Waals surface area contributed by atoms with Crippen molar-refractivity contribution in [2.24, 2.45) is 11.7 Å². The summed E-state index contributed by atoms with van der Waals surface area (Å²) in [6.07, 6.45) is 2.66. The second kappa shape index (κ2) is 10.9. The van der Waals surface area contributed by atoms with Gasteiger partial charge in [-0.15, -0.1) is 24.8 Å². The Balaban J connectivity index is 0.00000242. The van der Waals surface area contributed by atoms with E-state index in [1.54, 1.807) is 6.92 Å². The number of piperidine rings is 1. The largest absolute Gasteiger partial charge is 0.351 e. The summed E-state index contributed by atoms with van der Waals surface area (Å²) in [6, 6.07) is 8.04. The van der Waals surface area contributed by atoms with Crippen LogP contribution in [0.3, 0.4) is 0 Å². The fraction of sp³-hybridized carbons (Fsp3) is 0.588. The molecule has 1 saturated heterocycles. The molecule has 1 amide bonds. The van der Waals surface area contributed by atoms with Crippen LogP contribution in [0, 0.1) is 5.92 Å². The molecule has 1 heterocycles. The van der Waals surface area contributed by atoms with Gasteiger partial charge in [-0.3, -0.25) is 9.69 Å². The molecule has 1 fully saturated rings. The Labute approximate surface area is 152 Å². The minimum Gasteiger partial charge on any atom is -0.351 e. The highest BCUT2D eigenvalue weighted by atomic mass is 35.5. The number of carbonyl (C=O) groups excluding carboxylic acids is 1. The van der Waals surface area contributed by atoms with E-state index in [0.717, 1.165) is 18.0 Å². The van der Waals surface area contributed by atoms with Crippen LogP contribution in [0.15, 0.2) is 24.3 Å². The van der Waals surface area contributed by atoms with Crippen molar-refractivity contribution >= 4 is 30.7 Å². The average Bonchev–Trinajstić information content (AvgIpc) is 2.46. The van der Waals surface area contributed by atoms with Gasteiger partial charge in [0.1, 0.15) is 0 Å². The lowest BCUT2D eigenvalue weighted by Gasteiger charge is -2.30. The third-order valence-electron chi connectivity index (χ3n) is 4.05. The van der Waals surface area contributed by atoms with Crippen molar-refractivity contribution < 1.29 is 4.79 Å². The van der Waals surface area contributed by atoms with Crippen LogP contribution in [-0.2, 0) is 17.9 Å². The topological polar surface area (TPSA) is 58.4 Å². The minimum absolute atomic E-state index is 0. The molecule has 4 nitrogen and oxygen atoms in total. The SMILES string of the molecule is CC1CCCN(Cc2ccc(CNC(=O)[C@@H](C)N)cc2)C1.Cl.Cl. The molecule has 132 valence electrons. The molecule has 0 aliphatic carbocycles. The van der Waals surface area contributed by atoms with Gasteiger partial charge < -0.3 is 11.1 Å². The van der Waals surface area contributed by atoms with Gasteiger partial charge in [0, 0.05) is 19.6 Å². The molecule has 1 aromatic carbocycles. The number of rotatable bonds is 5. The van der Waals surface area contributed by atoms with E-state index >= 15 is 0 Å². The summed E-state index contributed by atoms with van der Waals surface area (Å²) in [5, 5.41) is 2.83. The van der Waals surface area contributed by atoms with Crippen molar-refractivity contribution in [1.29, 1.82) is 0 Å². The number of hydrogen-bond donors (Lipinski definition) is 2. The smallest absolute Gasteiger partial charge is 0.236 e. The van der Waals surface area contributed by atoms with E-state index in [0.29, 0.717) is 6.54 Å². The maximum absolute atomic E-state index is 11.4. The number of carbonyl (C=O) groups is 1. The number of likely N-dealkylation sites (tertiary alicyclic amines) is 1. The number of benzene rings is 1. The fourth-order valence-corrected chi connectivity index (χ4v) is 2.80. The van der Waals surface area contributed by atoms with Gasteiger partial charge in [-0.2, -0.15) is 0 Å². The van der Waals surface area contributed by atoms with Crippen molar-refractivity contribution in [3.63, 3.8) is 0 Å². The highest BCUT2D eigenvalue weighted by Gasteiger charge is 2.16. The Bertz CT molecular complexity index is 465. The molecule has 1 unspecified atom stereocenters. The number of amides is 1. The van der Waals surface area contributed by atoms with E-state index in [4.69, 9.17) is 5.73 Å². The van der Waals surface area contributed by atoms with Gasteiger partial charge >= 0.3 is 0 Å². The molecular weight excluding hydrogens is 333 g/mol. The first-order valence-electron chi connectivity index (χ1n) is 7.88. The van der Waals surface area contributed by atoms with Crippen LogP contribution in [0.4, 0.5) is 0 Å². The van der Waals surface area contributed by atoms with Crippen LogP contribution in [0.5, 0.6) is 0 Å². The summed E-state index contributed by atoms with van der Waals surface area (Å²) < 4.78 is 0. The van der Waals surface area contributed by atoms with E-state index in [1.807, 2.05) is 0 Å². The van der Waals surface area contributed by atoms with Crippen LogP contribution in [0.25, 0.3) is 0 Å². The van der Waals surface area contributed by atoms with Gasteiger partial charge in [-0.25, -0.2) is 0 Å². The number of hydrogen-bond acceptors (Lipinski definition) is 3. The highest BCUT2D eigenvalue weighted by Crippen LogP contribution is 2.18. The Morgan fingerprint density at radius 2 is 1.91 bits per heavy atom. The Kier molecular flexibility index (Phi) is 10.5. The molecule has 2 atom stereocenters. The van der Waals surface area contributed by atoms with Crippen molar-refractivity contribution in [3.05, 3.63) is 35.4 Å². The zero-order valence-corrected chi connectivity index (χ0v) is 15.6. The van der Waals surface area contributed by atoms with Crippen LogP contribution >= 0.6 is 24.8 Å². The monoisotopic (exact) mass is 361 g/mol. The van der Waals surface area contributed by atoms with E-state index in [1.165, 1.54) is 31.5 Å². The molecule has 0 aromatic heterocycles. The summed E-state index contributed by atoms with van der Waals surface area (Å²) >= 11 is 0. The molecule has 6 heteroatoms. The second-order valence-electron chi connectivity index (χ2n) is 6.31. The summed E-state index contributed by atoms with van der Waals surface area (Å²) in [5.41, 5.74) is 7.97. The van der Waals surface area contributed by atoms with E-state index in [-0.39, 0.29) is 30.7 Å². The molecule has 3 N–H and O–H groups in total. The first-order valence-corrected chi connectivity index (χ1v) is 7.88. The van der Waals surface area contributed by atoms with Crippen LogP contribution in [0.1, 0.15) is 37.8 Å². The van der Waals surface area contributed by atoms with Crippen molar-refractivity contribution in [2.45, 2.75) is 45.8 Å². The van der Waals surface area contributed by atoms with Crippen molar-refractivity contribution in [1.82, 2.24) is 10.2 Å². The number of halogens is 2. The van der Waals surface area contributed by atoms with Gasteiger partial charge in [0.05, 0.1) is 6.04 Å². The third kappa shape index (κ3) is 7.53. The Hall–Kier alpha value is -0.810. The summed E-state index contributed by atoms with van der Waals surface area (Å²) in [7, 11) is 0. The van der Waals surface area contributed by atoms with E-state index in [2.05, 4.69) is 41.4 Å². The summed E-state index contributed by atoms with van der Waals surface area (Å²) in [4.78, 5) is 14.0. The maximum Gasteiger partial charge on any atom is 0.236 e. The third-order valence-corrected chi connectivity index (χ3v) is 4.05. The molecule has 0 spiro atoms. The zero-order chi connectivity index (χ0) is 15.2. The van der Waals surface area contributed by atoms with Crippen molar-refractivity contribution in [3.8, 4) is 0 Å². The lowest BCUT2D eigenvalue weighted by Crippen LogP contribution is -2.37. The molecule has 1 aliphatic heterocycles. The van der Waals surface area contributed by atoms with Crippen molar-refractivity contribution in [2.75, 3.05) is 13.1 Å². The molecule has 0 bridgehead atoms. The molecule has 1 aromatic rings. The minimum atomic E-state index is -0.453. The van der Waals surface area contributed by atoms with Crippen LogP contribution in [-0.4, -0.2) is 29.9 Å². The van der Waals surface area contributed by atoms with E-state index < -0.39 is 6.04 Å². The first kappa shape index (κ1) is 22.2. The van der Waals surface area contributed by atoms with Gasteiger partial charge in [-0.05, 0) is 43.4 Å². The lowest BCUT2D eigenvalue weighted by atomic mass is 9.99. The van der Waals surface area contributed by atoms with Gasteiger partial charge in [0.25, 0.3) is 0 Å².